The molecule has 2 N–H and O–H groups in total. The Hall–Kier alpha value is -0.380. The SMILES string of the molecule is CC(c1cccc(Br)c1)N1CCCCC1CCN. The van der Waals surface area contributed by atoms with Gasteiger partial charge < -0.3 is 5.73 Å². The molecule has 1 fully saturated rings. The first kappa shape index (κ1) is 14.0. The third-order valence-corrected chi connectivity index (χ3v) is 4.49. The lowest BCUT2D eigenvalue weighted by Crippen LogP contribution is -2.42. The van der Waals surface area contributed by atoms with E-state index in [1.165, 1.54) is 35.8 Å². The smallest absolute Gasteiger partial charge is 0.0323 e. The number of piperidine rings is 1. The molecule has 1 heterocycles. The fourth-order valence-electron chi connectivity index (χ4n) is 2.99. The van der Waals surface area contributed by atoms with E-state index in [2.05, 4.69) is 52.0 Å². The van der Waals surface area contributed by atoms with Crippen LogP contribution in [-0.4, -0.2) is 24.0 Å². The molecule has 0 saturated carbocycles. The summed E-state index contributed by atoms with van der Waals surface area (Å²) in [4.78, 5) is 2.64. The predicted octanol–water partition coefficient (Wildman–Crippen LogP) is 3.71. The number of nitrogens with two attached hydrogens (primary N) is 1. The average Bonchev–Trinajstić information content (AvgIpc) is 2.39. The van der Waals surface area contributed by atoms with E-state index in [1.54, 1.807) is 0 Å². The van der Waals surface area contributed by atoms with Gasteiger partial charge in [0.1, 0.15) is 0 Å². The summed E-state index contributed by atoms with van der Waals surface area (Å²) >= 11 is 3.56. The molecule has 2 rings (SSSR count). The highest BCUT2D eigenvalue weighted by atomic mass is 79.9. The van der Waals surface area contributed by atoms with Gasteiger partial charge in [-0.3, -0.25) is 4.90 Å². The van der Waals surface area contributed by atoms with Crippen LogP contribution >= 0.6 is 15.9 Å². The van der Waals surface area contributed by atoms with E-state index in [-0.39, 0.29) is 0 Å². The summed E-state index contributed by atoms with van der Waals surface area (Å²) in [6.07, 6.45) is 5.10. The van der Waals surface area contributed by atoms with E-state index in [0.29, 0.717) is 12.1 Å². The van der Waals surface area contributed by atoms with Crippen molar-refractivity contribution < 1.29 is 0 Å². The van der Waals surface area contributed by atoms with Gasteiger partial charge in [0, 0.05) is 16.6 Å². The molecule has 18 heavy (non-hydrogen) atoms. The maximum Gasteiger partial charge on any atom is 0.0323 e. The van der Waals surface area contributed by atoms with Crippen molar-refractivity contribution in [1.82, 2.24) is 4.90 Å². The number of likely N-dealkylation sites (tertiary alicyclic amines) is 1. The first-order valence-electron chi connectivity index (χ1n) is 6.93. The van der Waals surface area contributed by atoms with Gasteiger partial charge in [-0.2, -0.15) is 0 Å². The fourth-order valence-corrected chi connectivity index (χ4v) is 3.41. The van der Waals surface area contributed by atoms with Crippen molar-refractivity contribution in [3.63, 3.8) is 0 Å². The van der Waals surface area contributed by atoms with Crippen LogP contribution in [0.4, 0.5) is 0 Å². The van der Waals surface area contributed by atoms with Crippen LogP contribution in [0.1, 0.15) is 44.2 Å². The maximum absolute atomic E-state index is 5.75. The van der Waals surface area contributed by atoms with Gasteiger partial charge in [0.05, 0.1) is 0 Å². The zero-order chi connectivity index (χ0) is 13.0. The lowest BCUT2D eigenvalue weighted by Gasteiger charge is -2.40. The molecule has 1 aliphatic heterocycles. The topological polar surface area (TPSA) is 29.3 Å². The minimum Gasteiger partial charge on any atom is -0.330 e. The van der Waals surface area contributed by atoms with Crippen molar-refractivity contribution in [1.29, 1.82) is 0 Å². The van der Waals surface area contributed by atoms with Gasteiger partial charge in [0.2, 0.25) is 0 Å². The Bertz CT molecular complexity index is 379. The number of halogens is 1. The van der Waals surface area contributed by atoms with Crippen molar-refractivity contribution >= 4 is 15.9 Å². The van der Waals surface area contributed by atoms with E-state index >= 15 is 0 Å². The molecule has 1 saturated heterocycles. The lowest BCUT2D eigenvalue weighted by molar-refractivity contribution is 0.0984. The number of rotatable bonds is 4. The predicted molar refractivity (Wildman–Crippen MR) is 80.6 cm³/mol. The highest BCUT2D eigenvalue weighted by molar-refractivity contribution is 9.10. The Morgan fingerprint density at radius 3 is 3.00 bits per heavy atom. The standard InChI is InChI=1S/C15H23BrN2/c1-12(13-5-4-6-14(16)11-13)18-10-3-2-7-15(18)8-9-17/h4-6,11-12,15H,2-3,7-10,17H2,1H3. The normalized spacial score (nSPS) is 22.9. The molecule has 2 atom stereocenters. The van der Waals surface area contributed by atoms with E-state index in [9.17, 15) is 0 Å². The molecule has 3 heteroatoms. The quantitative estimate of drug-likeness (QED) is 0.918. The number of nitrogens with zero attached hydrogens (tertiary/aromatic N) is 1. The summed E-state index contributed by atoms with van der Waals surface area (Å²) in [6.45, 7) is 4.32. The molecule has 2 unspecified atom stereocenters. The van der Waals surface area contributed by atoms with Gasteiger partial charge in [0.15, 0.2) is 0 Å². The van der Waals surface area contributed by atoms with E-state index in [0.717, 1.165) is 13.0 Å². The molecule has 0 amide bonds. The lowest BCUT2D eigenvalue weighted by atomic mass is 9.95. The average molecular weight is 311 g/mol. The molecule has 0 aromatic heterocycles. The molecule has 0 radical (unpaired) electrons. The largest absolute Gasteiger partial charge is 0.330 e. The first-order chi connectivity index (χ1) is 8.72. The molecular weight excluding hydrogens is 288 g/mol. The molecule has 0 spiro atoms. The second-order valence-corrected chi connectivity index (χ2v) is 6.11. The summed E-state index contributed by atoms with van der Waals surface area (Å²) < 4.78 is 1.17. The van der Waals surface area contributed by atoms with Gasteiger partial charge in [-0.25, -0.2) is 0 Å². The third-order valence-electron chi connectivity index (χ3n) is 4.00. The summed E-state index contributed by atoms with van der Waals surface area (Å²) in [5.74, 6) is 0. The highest BCUT2D eigenvalue weighted by Crippen LogP contribution is 2.30. The summed E-state index contributed by atoms with van der Waals surface area (Å²) in [5.41, 5.74) is 7.15. The van der Waals surface area contributed by atoms with Crippen molar-refractivity contribution in [2.75, 3.05) is 13.1 Å². The molecule has 2 nitrogen and oxygen atoms in total. The summed E-state index contributed by atoms with van der Waals surface area (Å²) in [6, 6.07) is 9.82. The Morgan fingerprint density at radius 2 is 2.28 bits per heavy atom. The second-order valence-electron chi connectivity index (χ2n) is 5.20. The Labute approximate surface area is 119 Å². The minimum atomic E-state index is 0.486. The second kappa shape index (κ2) is 6.69. The van der Waals surface area contributed by atoms with Crippen LogP contribution in [0.25, 0.3) is 0 Å². The summed E-state index contributed by atoms with van der Waals surface area (Å²) in [7, 11) is 0. The van der Waals surface area contributed by atoms with Crippen molar-refractivity contribution in [2.24, 2.45) is 5.73 Å². The zero-order valence-electron chi connectivity index (χ0n) is 11.1. The highest BCUT2D eigenvalue weighted by Gasteiger charge is 2.26. The van der Waals surface area contributed by atoms with Gasteiger partial charge in [-0.1, -0.05) is 34.5 Å². The summed E-state index contributed by atoms with van der Waals surface area (Å²) in [5, 5.41) is 0. The Morgan fingerprint density at radius 1 is 1.44 bits per heavy atom. The minimum absolute atomic E-state index is 0.486. The van der Waals surface area contributed by atoms with Crippen molar-refractivity contribution in [3.8, 4) is 0 Å². The first-order valence-corrected chi connectivity index (χ1v) is 7.73. The third kappa shape index (κ3) is 3.34. The molecule has 1 aromatic carbocycles. The van der Waals surface area contributed by atoms with E-state index < -0.39 is 0 Å². The number of benzene rings is 1. The van der Waals surface area contributed by atoms with Crippen LogP contribution in [0.2, 0.25) is 0 Å². The van der Waals surface area contributed by atoms with Gasteiger partial charge >= 0.3 is 0 Å². The Kier molecular flexibility index (Phi) is 5.22. The maximum atomic E-state index is 5.75. The molecular formula is C15H23BrN2. The zero-order valence-corrected chi connectivity index (χ0v) is 12.7. The molecule has 1 aliphatic rings. The monoisotopic (exact) mass is 310 g/mol. The van der Waals surface area contributed by atoms with Gasteiger partial charge in [0.25, 0.3) is 0 Å². The van der Waals surface area contributed by atoms with Gasteiger partial charge in [-0.05, 0) is 57.0 Å². The van der Waals surface area contributed by atoms with Crippen molar-refractivity contribution in [2.45, 2.75) is 44.7 Å². The van der Waals surface area contributed by atoms with Crippen LogP contribution in [0.15, 0.2) is 28.7 Å². The number of hydrogen-bond acceptors (Lipinski definition) is 2. The van der Waals surface area contributed by atoms with Crippen LogP contribution in [0, 0.1) is 0 Å². The van der Waals surface area contributed by atoms with E-state index in [4.69, 9.17) is 5.73 Å². The number of hydrogen-bond donors (Lipinski definition) is 1. The van der Waals surface area contributed by atoms with Gasteiger partial charge in [-0.15, -0.1) is 0 Å². The van der Waals surface area contributed by atoms with E-state index in [1.807, 2.05) is 0 Å². The molecule has 0 bridgehead atoms. The van der Waals surface area contributed by atoms with Crippen LogP contribution in [-0.2, 0) is 0 Å². The molecule has 0 aliphatic carbocycles. The Balaban J connectivity index is 2.12. The van der Waals surface area contributed by atoms with Crippen LogP contribution in [0.5, 0.6) is 0 Å². The van der Waals surface area contributed by atoms with Crippen molar-refractivity contribution in [3.05, 3.63) is 34.3 Å². The van der Waals surface area contributed by atoms with Crippen LogP contribution < -0.4 is 5.73 Å². The fraction of sp³-hybridized carbons (Fsp3) is 0.600. The molecule has 1 aromatic rings. The molecule has 100 valence electrons. The van der Waals surface area contributed by atoms with Crippen LogP contribution in [0.3, 0.4) is 0 Å².